The van der Waals surface area contributed by atoms with Crippen LogP contribution in [0.15, 0.2) is 54.7 Å². The van der Waals surface area contributed by atoms with Crippen LogP contribution >= 0.6 is 0 Å². The summed E-state index contributed by atoms with van der Waals surface area (Å²) in [5.41, 5.74) is 2.62. The number of halogens is 3. The van der Waals surface area contributed by atoms with Crippen LogP contribution in [0.2, 0.25) is 0 Å². The van der Waals surface area contributed by atoms with Crippen molar-refractivity contribution in [3.8, 4) is 0 Å². The Morgan fingerprint density at radius 3 is 2.56 bits per heavy atom. The van der Waals surface area contributed by atoms with Gasteiger partial charge in [0, 0.05) is 68.1 Å². The molecule has 4 nitrogen and oxygen atoms in total. The first-order valence-corrected chi connectivity index (χ1v) is 11.4. The van der Waals surface area contributed by atoms with Crippen LogP contribution in [0.4, 0.5) is 18.9 Å². The number of anilines is 1. The lowest BCUT2D eigenvalue weighted by molar-refractivity contribution is -0.137. The van der Waals surface area contributed by atoms with Crippen molar-refractivity contribution in [2.24, 2.45) is 0 Å². The molecule has 32 heavy (non-hydrogen) atoms. The number of nitrogens with zero attached hydrogens (tertiary/aromatic N) is 3. The highest BCUT2D eigenvalue weighted by Crippen LogP contribution is 2.32. The van der Waals surface area contributed by atoms with Crippen molar-refractivity contribution < 1.29 is 13.2 Å². The zero-order chi connectivity index (χ0) is 22.1. The molecule has 7 heteroatoms. The Morgan fingerprint density at radius 1 is 0.938 bits per heavy atom. The summed E-state index contributed by atoms with van der Waals surface area (Å²) in [6.07, 6.45) is 0.200. The Kier molecular flexibility index (Phi) is 5.86. The summed E-state index contributed by atoms with van der Waals surface area (Å²) >= 11 is 0. The molecule has 2 fully saturated rings. The number of likely N-dealkylation sites (tertiary alicyclic amines) is 1. The first kappa shape index (κ1) is 21.3. The van der Waals surface area contributed by atoms with Crippen LogP contribution in [0.1, 0.15) is 24.0 Å². The number of rotatable bonds is 4. The quantitative estimate of drug-likeness (QED) is 0.618. The molecule has 170 valence electrons. The summed E-state index contributed by atoms with van der Waals surface area (Å²) in [5.74, 6) is 0. The van der Waals surface area contributed by atoms with Crippen molar-refractivity contribution in [2.75, 3.05) is 44.2 Å². The van der Waals surface area contributed by atoms with Crippen molar-refractivity contribution in [3.63, 3.8) is 0 Å². The largest absolute Gasteiger partial charge is 0.416 e. The van der Waals surface area contributed by atoms with Gasteiger partial charge in [-0.1, -0.05) is 24.3 Å². The summed E-state index contributed by atoms with van der Waals surface area (Å²) in [7, 11) is 0. The maximum atomic E-state index is 13.1. The van der Waals surface area contributed by atoms with Gasteiger partial charge in [0.1, 0.15) is 0 Å². The van der Waals surface area contributed by atoms with Gasteiger partial charge >= 0.3 is 6.18 Å². The fourth-order valence-electron chi connectivity index (χ4n) is 5.20. The molecule has 1 unspecified atom stereocenters. The predicted molar refractivity (Wildman–Crippen MR) is 122 cm³/mol. The molecular weight excluding hydrogens is 413 g/mol. The number of alkyl halides is 3. The molecule has 0 amide bonds. The van der Waals surface area contributed by atoms with Crippen LogP contribution in [0.5, 0.6) is 0 Å². The van der Waals surface area contributed by atoms with Crippen LogP contribution in [0, 0.1) is 0 Å². The van der Waals surface area contributed by atoms with E-state index in [9.17, 15) is 13.2 Å². The van der Waals surface area contributed by atoms with Gasteiger partial charge < -0.3 is 9.88 Å². The van der Waals surface area contributed by atoms with Crippen LogP contribution in [0.3, 0.4) is 0 Å². The van der Waals surface area contributed by atoms with Crippen molar-refractivity contribution in [2.45, 2.75) is 31.6 Å². The van der Waals surface area contributed by atoms with Crippen LogP contribution < -0.4 is 4.90 Å². The SMILES string of the molecule is FC(F)(F)c1cccc(N2CCN(C3CCCN(Cc4c[nH]c5ccccc45)C3)CC2)c1. The van der Waals surface area contributed by atoms with Crippen molar-refractivity contribution in [1.82, 2.24) is 14.8 Å². The van der Waals surface area contributed by atoms with Gasteiger partial charge in [0.05, 0.1) is 5.56 Å². The second-order valence-corrected chi connectivity index (χ2v) is 8.96. The monoisotopic (exact) mass is 442 g/mol. The number of fused-ring (bicyclic) bond motifs is 1. The highest BCUT2D eigenvalue weighted by molar-refractivity contribution is 5.82. The molecule has 2 aliphatic rings. The van der Waals surface area contributed by atoms with Crippen LogP contribution in [-0.2, 0) is 12.7 Å². The minimum absolute atomic E-state index is 0.512. The number of aromatic nitrogens is 1. The molecule has 1 N–H and O–H groups in total. The van der Waals surface area contributed by atoms with Crippen molar-refractivity contribution in [1.29, 1.82) is 0 Å². The van der Waals surface area contributed by atoms with E-state index in [0.717, 1.165) is 51.9 Å². The number of H-pyrrole nitrogens is 1. The number of piperazine rings is 1. The number of piperidine rings is 1. The Bertz CT molecular complexity index is 1050. The molecule has 3 aromatic rings. The molecule has 5 rings (SSSR count). The van der Waals surface area contributed by atoms with E-state index in [1.165, 1.54) is 41.4 Å². The van der Waals surface area contributed by atoms with E-state index < -0.39 is 11.7 Å². The molecule has 0 radical (unpaired) electrons. The number of benzene rings is 2. The molecule has 0 bridgehead atoms. The van der Waals surface area contributed by atoms with Gasteiger partial charge in [0.25, 0.3) is 0 Å². The Balaban J connectivity index is 1.19. The minimum atomic E-state index is -4.30. The smallest absolute Gasteiger partial charge is 0.369 e. The minimum Gasteiger partial charge on any atom is -0.369 e. The normalized spacial score (nSPS) is 21.3. The topological polar surface area (TPSA) is 25.5 Å². The van der Waals surface area contributed by atoms with E-state index in [4.69, 9.17) is 0 Å². The Hall–Kier alpha value is -2.51. The average molecular weight is 443 g/mol. The molecule has 0 saturated carbocycles. The highest BCUT2D eigenvalue weighted by Gasteiger charge is 2.32. The average Bonchev–Trinajstić information content (AvgIpc) is 3.22. The summed E-state index contributed by atoms with van der Waals surface area (Å²) in [4.78, 5) is 10.5. The molecule has 2 aliphatic heterocycles. The third-order valence-electron chi connectivity index (χ3n) is 6.92. The number of nitrogens with one attached hydrogen (secondary N) is 1. The summed E-state index contributed by atoms with van der Waals surface area (Å²) in [6.45, 7) is 6.41. The lowest BCUT2D eigenvalue weighted by atomic mass is 10.0. The summed E-state index contributed by atoms with van der Waals surface area (Å²) in [5, 5.41) is 1.30. The third-order valence-corrected chi connectivity index (χ3v) is 6.92. The molecule has 0 spiro atoms. The summed E-state index contributed by atoms with van der Waals surface area (Å²) < 4.78 is 39.2. The van der Waals surface area contributed by atoms with E-state index >= 15 is 0 Å². The second-order valence-electron chi connectivity index (χ2n) is 8.96. The maximum Gasteiger partial charge on any atom is 0.416 e. The molecule has 2 aromatic carbocycles. The van der Waals surface area contributed by atoms with E-state index in [1.54, 1.807) is 6.07 Å². The molecule has 1 atom stereocenters. The van der Waals surface area contributed by atoms with E-state index in [-0.39, 0.29) is 0 Å². The van der Waals surface area contributed by atoms with Crippen molar-refractivity contribution >= 4 is 16.6 Å². The van der Waals surface area contributed by atoms with Gasteiger partial charge in [0.15, 0.2) is 0 Å². The maximum absolute atomic E-state index is 13.1. The molecular formula is C25H29F3N4. The van der Waals surface area contributed by atoms with Gasteiger partial charge in [-0.25, -0.2) is 0 Å². The molecule has 2 saturated heterocycles. The standard InChI is InChI=1S/C25H29F3N4/c26-25(27,28)20-5-3-6-21(15-20)31-11-13-32(14-12-31)22-7-4-10-30(18-22)17-19-16-29-24-9-2-1-8-23(19)24/h1-3,5-6,8-9,15-16,22,29H,4,7,10-14,17-18H2. The van der Waals surface area contributed by atoms with Gasteiger partial charge in [-0.05, 0) is 49.2 Å². The van der Waals surface area contributed by atoms with Crippen molar-refractivity contribution in [3.05, 3.63) is 65.9 Å². The van der Waals surface area contributed by atoms with Gasteiger partial charge in [-0.3, -0.25) is 9.80 Å². The van der Waals surface area contributed by atoms with Crippen LogP contribution in [-0.4, -0.2) is 60.1 Å². The summed E-state index contributed by atoms with van der Waals surface area (Å²) in [6, 6.07) is 14.7. The Morgan fingerprint density at radius 2 is 1.75 bits per heavy atom. The predicted octanol–water partition coefficient (Wildman–Crippen LogP) is 4.97. The zero-order valence-corrected chi connectivity index (χ0v) is 18.1. The van der Waals surface area contributed by atoms with Gasteiger partial charge in [0.2, 0.25) is 0 Å². The van der Waals surface area contributed by atoms with E-state index in [1.807, 2.05) is 0 Å². The second kappa shape index (κ2) is 8.79. The third kappa shape index (κ3) is 4.50. The van der Waals surface area contributed by atoms with E-state index in [2.05, 4.69) is 50.1 Å². The van der Waals surface area contributed by atoms with Gasteiger partial charge in [-0.2, -0.15) is 13.2 Å². The van der Waals surface area contributed by atoms with Gasteiger partial charge in [-0.15, -0.1) is 0 Å². The van der Waals surface area contributed by atoms with E-state index in [0.29, 0.717) is 11.7 Å². The fraction of sp³-hybridized carbons (Fsp3) is 0.440. The molecule has 1 aromatic heterocycles. The number of hydrogen-bond donors (Lipinski definition) is 1. The Labute approximate surface area is 186 Å². The first-order chi connectivity index (χ1) is 15.5. The lowest BCUT2D eigenvalue weighted by Crippen LogP contribution is -2.55. The number of aromatic amines is 1. The van der Waals surface area contributed by atoms with Crippen LogP contribution in [0.25, 0.3) is 10.9 Å². The lowest BCUT2D eigenvalue weighted by Gasteiger charge is -2.44. The first-order valence-electron chi connectivity index (χ1n) is 11.4. The fourth-order valence-corrected chi connectivity index (χ4v) is 5.20. The number of para-hydroxylation sites is 1. The number of hydrogen-bond acceptors (Lipinski definition) is 3. The highest BCUT2D eigenvalue weighted by atomic mass is 19.4. The molecule has 0 aliphatic carbocycles. The molecule has 3 heterocycles. The zero-order valence-electron chi connectivity index (χ0n) is 18.1.